The number of carbonyl (C=O) groups excluding carboxylic acids is 1. The molecule has 0 unspecified atom stereocenters. The molecule has 3 aromatic heterocycles. The summed E-state index contributed by atoms with van der Waals surface area (Å²) < 4.78 is 0. The number of carbonyl (C=O) groups is 1. The lowest BCUT2D eigenvalue weighted by atomic mass is 9.98. The van der Waals surface area contributed by atoms with Crippen LogP contribution in [-0.2, 0) is 6.54 Å². The van der Waals surface area contributed by atoms with Crippen LogP contribution in [0.3, 0.4) is 0 Å². The quantitative estimate of drug-likeness (QED) is 0.403. The number of hydrogen-bond acceptors (Lipinski definition) is 10. The number of nitrogens with one attached hydrogen (secondary N) is 4. The first-order chi connectivity index (χ1) is 16.2. The zero-order valence-corrected chi connectivity index (χ0v) is 18.0. The molecule has 0 atom stereocenters. The smallest absolute Gasteiger partial charge is 0.274 e. The molecule has 1 aliphatic rings. The molecule has 1 saturated heterocycles. The molecule has 0 bridgehead atoms. The fourth-order valence-corrected chi connectivity index (χ4v) is 3.44. The third kappa shape index (κ3) is 6.18. The molecule has 11 nitrogen and oxygen atoms in total. The van der Waals surface area contributed by atoms with Gasteiger partial charge in [-0.05, 0) is 49.5 Å². The van der Waals surface area contributed by atoms with Crippen molar-refractivity contribution in [3.63, 3.8) is 0 Å². The normalized spacial score (nSPS) is 13.7. The van der Waals surface area contributed by atoms with Crippen molar-refractivity contribution in [2.45, 2.75) is 19.4 Å². The van der Waals surface area contributed by atoms with Crippen LogP contribution in [0.15, 0.2) is 43.0 Å². The lowest BCUT2D eigenvalue weighted by Gasteiger charge is -2.23. The van der Waals surface area contributed by atoms with Crippen LogP contribution >= 0.6 is 0 Å². The summed E-state index contributed by atoms with van der Waals surface area (Å²) in [5.41, 5.74) is 1.96. The van der Waals surface area contributed by atoms with E-state index in [-0.39, 0.29) is 17.3 Å². The summed E-state index contributed by atoms with van der Waals surface area (Å²) in [6.07, 6.45) is 8.31. The van der Waals surface area contributed by atoms with Crippen molar-refractivity contribution in [2.24, 2.45) is 5.92 Å². The average Bonchev–Trinajstić information content (AvgIpc) is 2.88. The van der Waals surface area contributed by atoms with E-state index in [1.165, 1.54) is 12.4 Å². The van der Waals surface area contributed by atoms with E-state index in [1.807, 2.05) is 18.2 Å². The summed E-state index contributed by atoms with van der Waals surface area (Å²) in [5.74, 6) is 1.01. The predicted octanol–water partition coefficient (Wildman–Crippen LogP) is 1.62. The van der Waals surface area contributed by atoms with Gasteiger partial charge in [-0.2, -0.15) is 5.26 Å². The Balaban J connectivity index is 1.50. The molecule has 4 rings (SSSR count). The highest BCUT2D eigenvalue weighted by atomic mass is 16.1. The first-order valence-electron chi connectivity index (χ1n) is 10.7. The van der Waals surface area contributed by atoms with Gasteiger partial charge in [0.1, 0.15) is 11.9 Å². The van der Waals surface area contributed by atoms with Gasteiger partial charge in [0.05, 0.1) is 18.1 Å². The average molecular weight is 445 g/mol. The van der Waals surface area contributed by atoms with Crippen molar-refractivity contribution in [2.75, 3.05) is 30.3 Å². The Morgan fingerprint density at radius 2 is 1.94 bits per heavy atom. The van der Waals surface area contributed by atoms with Crippen molar-refractivity contribution in [3.8, 4) is 6.07 Å². The maximum absolute atomic E-state index is 12.9. The molecule has 1 fully saturated rings. The number of pyridine rings is 1. The van der Waals surface area contributed by atoms with Gasteiger partial charge in [-0.15, -0.1) is 10.2 Å². The van der Waals surface area contributed by atoms with Gasteiger partial charge in [0.25, 0.3) is 5.91 Å². The molecular formula is C22H24N10O. The molecule has 11 heteroatoms. The minimum atomic E-state index is -0.322. The second-order valence-corrected chi connectivity index (χ2v) is 7.63. The zero-order chi connectivity index (χ0) is 22.9. The van der Waals surface area contributed by atoms with Gasteiger partial charge >= 0.3 is 0 Å². The predicted molar refractivity (Wildman–Crippen MR) is 122 cm³/mol. The number of nitriles is 1. The van der Waals surface area contributed by atoms with Gasteiger partial charge in [0.15, 0.2) is 17.2 Å². The number of nitrogens with zero attached hydrogens (tertiary/aromatic N) is 6. The second-order valence-electron chi connectivity index (χ2n) is 7.63. The number of hydrogen-bond donors (Lipinski definition) is 4. The van der Waals surface area contributed by atoms with Gasteiger partial charge in [-0.3, -0.25) is 9.78 Å². The third-order valence-electron chi connectivity index (χ3n) is 5.27. The molecule has 3 aromatic rings. The Morgan fingerprint density at radius 3 is 2.67 bits per heavy atom. The van der Waals surface area contributed by atoms with Crippen LogP contribution in [0.1, 0.15) is 34.6 Å². The third-order valence-corrected chi connectivity index (χ3v) is 5.27. The van der Waals surface area contributed by atoms with E-state index in [0.29, 0.717) is 29.8 Å². The number of piperidine rings is 1. The van der Waals surface area contributed by atoms with E-state index in [4.69, 9.17) is 5.26 Å². The SMILES string of the molecule is N#Cc1cnc(Nc2cc(NCC3CCNCC3)c(C(=O)NCc3ccncc3)nn2)cn1. The molecule has 1 aliphatic heterocycles. The second kappa shape index (κ2) is 10.9. The summed E-state index contributed by atoms with van der Waals surface area (Å²) in [5, 5.41) is 29.8. The summed E-state index contributed by atoms with van der Waals surface area (Å²) in [6, 6.07) is 7.34. The minimum Gasteiger partial charge on any atom is -0.383 e. The first-order valence-corrected chi connectivity index (χ1v) is 10.7. The number of amides is 1. The fraction of sp³-hybridized carbons (Fsp3) is 0.318. The number of rotatable bonds is 8. The van der Waals surface area contributed by atoms with E-state index < -0.39 is 0 Å². The van der Waals surface area contributed by atoms with Crippen LogP contribution in [0.25, 0.3) is 0 Å². The zero-order valence-electron chi connectivity index (χ0n) is 18.0. The summed E-state index contributed by atoms with van der Waals surface area (Å²) in [7, 11) is 0. The van der Waals surface area contributed by atoms with E-state index >= 15 is 0 Å². The molecular weight excluding hydrogens is 420 g/mol. The van der Waals surface area contributed by atoms with E-state index in [0.717, 1.165) is 38.0 Å². The van der Waals surface area contributed by atoms with Crippen molar-refractivity contribution >= 4 is 23.2 Å². The summed E-state index contributed by atoms with van der Waals surface area (Å²) in [6.45, 7) is 3.07. The molecule has 0 saturated carbocycles. The molecule has 0 radical (unpaired) electrons. The molecule has 33 heavy (non-hydrogen) atoms. The standard InChI is InChI=1S/C22H24N10O/c23-10-17-13-28-20(14-26-17)30-19-9-18(27-11-15-1-5-24-6-2-15)21(32-31-19)22(33)29-12-16-3-7-25-8-4-16/h3-4,7-9,13-15,24H,1-2,5-6,11-12H2,(H,29,33)(H2,27,28,30,31). The monoisotopic (exact) mass is 444 g/mol. The molecule has 1 amide bonds. The minimum absolute atomic E-state index is 0.217. The van der Waals surface area contributed by atoms with Gasteiger partial charge in [0.2, 0.25) is 0 Å². The Labute approximate surface area is 191 Å². The van der Waals surface area contributed by atoms with Crippen LogP contribution in [-0.4, -0.2) is 50.7 Å². The molecule has 0 spiro atoms. The van der Waals surface area contributed by atoms with Gasteiger partial charge in [-0.1, -0.05) is 0 Å². The Hall–Kier alpha value is -4.17. The summed E-state index contributed by atoms with van der Waals surface area (Å²) in [4.78, 5) is 25.0. The maximum Gasteiger partial charge on any atom is 0.274 e. The van der Waals surface area contributed by atoms with Gasteiger partial charge < -0.3 is 21.3 Å². The van der Waals surface area contributed by atoms with E-state index in [9.17, 15) is 4.79 Å². The lowest BCUT2D eigenvalue weighted by Crippen LogP contribution is -2.32. The largest absolute Gasteiger partial charge is 0.383 e. The van der Waals surface area contributed by atoms with Crippen molar-refractivity contribution in [1.29, 1.82) is 5.26 Å². The van der Waals surface area contributed by atoms with Gasteiger partial charge in [-0.25, -0.2) is 9.97 Å². The van der Waals surface area contributed by atoms with Crippen molar-refractivity contribution in [1.82, 2.24) is 35.8 Å². The number of aromatic nitrogens is 5. The van der Waals surface area contributed by atoms with Crippen LogP contribution in [0.4, 0.5) is 17.3 Å². The van der Waals surface area contributed by atoms with E-state index in [1.54, 1.807) is 18.5 Å². The molecule has 0 aromatic carbocycles. The molecule has 168 valence electrons. The highest BCUT2D eigenvalue weighted by Crippen LogP contribution is 2.21. The van der Waals surface area contributed by atoms with Crippen LogP contribution in [0.2, 0.25) is 0 Å². The fourth-order valence-electron chi connectivity index (χ4n) is 3.44. The van der Waals surface area contributed by atoms with Crippen molar-refractivity contribution < 1.29 is 4.79 Å². The number of anilines is 3. The van der Waals surface area contributed by atoms with Crippen LogP contribution in [0, 0.1) is 17.2 Å². The Kier molecular flexibility index (Phi) is 7.29. The highest BCUT2D eigenvalue weighted by molar-refractivity contribution is 5.97. The highest BCUT2D eigenvalue weighted by Gasteiger charge is 2.18. The first kappa shape index (κ1) is 22.0. The molecule has 4 heterocycles. The van der Waals surface area contributed by atoms with E-state index in [2.05, 4.69) is 46.4 Å². The Bertz CT molecular complexity index is 1110. The Morgan fingerprint density at radius 1 is 1.12 bits per heavy atom. The van der Waals surface area contributed by atoms with Crippen molar-refractivity contribution in [3.05, 3.63) is 59.9 Å². The summed E-state index contributed by atoms with van der Waals surface area (Å²) >= 11 is 0. The molecule has 0 aliphatic carbocycles. The molecule has 4 N–H and O–H groups in total. The van der Waals surface area contributed by atoms with Gasteiger partial charge in [0, 0.05) is 31.5 Å². The van der Waals surface area contributed by atoms with Crippen LogP contribution in [0.5, 0.6) is 0 Å². The van der Waals surface area contributed by atoms with Crippen LogP contribution < -0.4 is 21.3 Å². The lowest BCUT2D eigenvalue weighted by molar-refractivity contribution is 0.0946. The maximum atomic E-state index is 12.9. The topological polar surface area (TPSA) is 153 Å².